The van der Waals surface area contributed by atoms with E-state index in [2.05, 4.69) is 0 Å². The lowest BCUT2D eigenvalue weighted by molar-refractivity contribution is -0.137. The Hall–Kier alpha value is -1.72. The highest BCUT2D eigenvalue weighted by Gasteiger charge is 2.32. The van der Waals surface area contributed by atoms with Gasteiger partial charge < -0.3 is 10.5 Å². The van der Waals surface area contributed by atoms with Gasteiger partial charge in [0.25, 0.3) is 5.91 Å². The largest absolute Gasteiger partial charge is 0.480 e. The summed E-state index contributed by atoms with van der Waals surface area (Å²) < 4.78 is 42.6. The number of hydrogen-bond donors (Lipinski definition) is 1. The SMILES string of the molecule is NC(=O)C1CCc2cc(C(F)(F)F)ccc2O1. The van der Waals surface area contributed by atoms with Crippen molar-refractivity contribution in [3.63, 3.8) is 0 Å². The molecular formula is C11H10F3NO2. The molecule has 1 aliphatic heterocycles. The van der Waals surface area contributed by atoms with Crippen molar-refractivity contribution in [3.8, 4) is 5.75 Å². The molecule has 6 heteroatoms. The van der Waals surface area contributed by atoms with Gasteiger partial charge in [-0.15, -0.1) is 0 Å². The van der Waals surface area contributed by atoms with Crippen LogP contribution in [0.25, 0.3) is 0 Å². The van der Waals surface area contributed by atoms with E-state index < -0.39 is 23.8 Å². The molecule has 1 aromatic carbocycles. The summed E-state index contributed by atoms with van der Waals surface area (Å²) in [5.74, 6) is -0.302. The van der Waals surface area contributed by atoms with Crippen LogP contribution in [0, 0.1) is 0 Å². The summed E-state index contributed by atoms with van der Waals surface area (Å²) in [5, 5.41) is 0. The second-order valence-electron chi connectivity index (χ2n) is 3.87. The molecule has 2 rings (SSSR count). The van der Waals surface area contributed by atoms with Crippen molar-refractivity contribution >= 4 is 5.91 Å². The minimum atomic E-state index is -4.37. The van der Waals surface area contributed by atoms with Crippen molar-refractivity contribution in [1.29, 1.82) is 0 Å². The molecule has 0 saturated carbocycles. The number of primary amides is 1. The number of ether oxygens (including phenoxy) is 1. The van der Waals surface area contributed by atoms with Crippen molar-refractivity contribution in [2.24, 2.45) is 5.73 Å². The number of benzene rings is 1. The molecule has 92 valence electrons. The highest BCUT2D eigenvalue weighted by molar-refractivity contribution is 5.79. The van der Waals surface area contributed by atoms with Crippen LogP contribution in [0.15, 0.2) is 18.2 Å². The monoisotopic (exact) mass is 245 g/mol. The van der Waals surface area contributed by atoms with Crippen LogP contribution in [0.3, 0.4) is 0 Å². The number of hydrogen-bond acceptors (Lipinski definition) is 2. The Morgan fingerprint density at radius 2 is 2.12 bits per heavy atom. The van der Waals surface area contributed by atoms with Gasteiger partial charge in [-0.25, -0.2) is 0 Å². The molecule has 0 aliphatic carbocycles. The normalized spacial score (nSPS) is 19.4. The quantitative estimate of drug-likeness (QED) is 0.821. The van der Waals surface area contributed by atoms with E-state index in [9.17, 15) is 18.0 Å². The second kappa shape index (κ2) is 3.94. The first-order valence-electron chi connectivity index (χ1n) is 5.04. The van der Waals surface area contributed by atoms with Crippen LogP contribution in [0.4, 0.5) is 13.2 Å². The molecule has 17 heavy (non-hydrogen) atoms. The van der Waals surface area contributed by atoms with Crippen LogP contribution in [0.1, 0.15) is 17.5 Å². The average molecular weight is 245 g/mol. The van der Waals surface area contributed by atoms with E-state index in [4.69, 9.17) is 10.5 Å². The summed E-state index contributed by atoms with van der Waals surface area (Å²) in [5.41, 5.74) is 4.82. The number of nitrogens with two attached hydrogens (primary N) is 1. The molecule has 0 radical (unpaired) electrons. The maximum atomic E-state index is 12.4. The number of halogens is 3. The van der Waals surface area contributed by atoms with Gasteiger partial charge in [-0.2, -0.15) is 13.2 Å². The van der Waals surface area contributed by atoms with Crippen molar-refractivity contribution in [3.05, 3.63) is 29.3 Å². The molecule has 2 N–H and O–H groups in total. The van der Waals surface area contributed by atoms with Gasteiger partial charge >= 0.3 is 6.18 Å². The molecule has 3 nitrogen and oxygen atoms in total. The highest BCUT2D eigenvalue weighted by atomic mass is 19.4. The number of aryl methyl sites for hydroxylation is 1. The van der Waals surface area contributed by atoms with E-state index in [-0.39, 0.29) is 0 Å². The third-order valence-corrected chi connectivity index (χ3v) is 2.65. The van der Waals surface area contributed by atoms with Crippen LogP contribution in [0.5, 0.6) is 5.75 Å². The molecule has 1 heterocycles. The summed E-state index contributed by atoms with van der Waals surface area (Å²) >= 11 is 0. The Bertz CT molecular complexity index is 457. The zero-order chi connectivity index (χ0) is 12.6. The van der Waals surface area contributed by atoms with Gasteiger partial charge in [-0.1, -0.05) is 0 Å². The minimum absolute atomic E-state index is 0.299. The van der Waals surface area contributed by atoms with Gasteiger partial charge in [0, 0.05) is 0 Å². The van der Waals surface area contributed by atoms with Crippen LogP contribution in [0.2, 0.25) is 0 Å². The zero-order valence-corrected chi connectivity index (χ0v) is 8.75. The lowest BCUT2D eigenvalue weighted by Gasteiger charge is -2.24. The first-order valence-corrected chi connectivity index (χ1v) is 5.04. The zero-order valence-electron chi connectivity index (χ0n) is 8.75. The summed E-state index contributed by atoms with van der Waals surface area (Å²) in [6, 6.07) is 3.21. The van der Waals surface area contributed by atoms with Gasteiger partial charge in [0.1, 0.15) is 5.75 Å². The lowest BCUT2D eigenvalue weighted by Crippen LogP contribution is -2.36. The second-order valence-corrected chi connectivity index (χ2v) is 3.87. The standard InChI is InChI=1S/C11H10F3NO2/c12-11(13,14)7-2-4-8-6(5-7)1-3-9(17-8)10(15)16/h2,4-5,9H,1,3H2,(H2,15,16). The Morgan fingerprint density at radius 1 is 1.41 bits per heavy atom. The Labute approximate surface area is 95.4 Å². The van der Waals surface area contributed by atoms with E-state index in [1.54, 1.807) is 0 Å². The third-order valence-electron chi connectivity index (χ3n) is 2.65. The van der Waals surface area contributed by atoms with Gasteiger partial charge in [-0.3, -0.25) is 4.79 Å². The lowest BCUT2D eigenvalue weighted by atomic mass is 9.99. The van der Waals surface area contributed by atoms with E-state index in [0.717, 1.165) is 12.1 Å². The number of carbonyl (C=O) groups excluding carboxylic acids is 1. The summed E-state index contributed by atoms with van der Waals surface area (Å²) in [6.45, 7) is 0. The Kier molecular flexibility index (Phi) is 2.73. The molecule has 1 amide bonds. The molecule has 0 saturated heterocycles. The fraction of sp³-hybridized carbons (Fsp3) is 0.364. The number of amides is 1. The number of alkyl halides is 3. The van der Waals surface area contributed by atoms with E-state index in [1.165, 1.54) is 6.07 Å². The number of rotatable bonds is 1. The van der Waals surface area contributed by atoms with Crippen LogP contribution in [-0.4, -0.2) is 12.0 Å². The fourth-order valence-corrected chi connectivity index (χ4v) is 1.77. The van der Waals surface area contributed by atoms with Crippen molar-refractivity contribution < 1.29 is 22.7 Å². The number of carbonyl (C=O) groups is 1. The first kappa shape index (κ1) is 11.8. The maximum absolute atomic E-state index is 12.4. The Morgan fingerprint density at radius 3 is 2.71 bits per heavy atom. The van der Waals surface area contributed by atoms with E-state index in [1.807, 2.05) is 0 Å². The predicted molar refractivity (Wildman–Crippen MR) is 53.4 cm³/mol. The molecule has 1 aliphatic rings. The van der Waals surface area contributed by atoms with Gasteiger partial charge in [0.2, 0.25) is 0 Å². The molecule has 0 spiro atoms. The van der Waals surface area contributed by atoms with Crippen molar-refractivity contribution in [2.75, 3.05) is 0 Å². The first-order chi connectivity index (χ1) is 7.88. The molecule has 0 bridgehead atoms. The van der Waals surface area contributed by atoms with Gasteiger partial charge in [-0.05, 0) is 36.6 Å². The van der Waals surface area contributed by atoms with Crippen LogP contribution >= 0.6 is 0 Å². The fourth-order valence-electron chi connectivity index (χ4n) is 1.77. The third kappa shape index (κ3) is 2.35. The average Bonchev–Trinajstić information content (AvgIpc) is 2.26. The highest BCUT2D eigenvalue weighted by Crippen LogP contribution is 2.35. The molecule has 0 fully saturated rings. The minimum Gasteiger partial charge on any atom is -0.480 e. The van der Waals surface area contributed by atoms with Crippen LogP contribution < -0.4 is 10.5 Å². The molecule has 0 aromatic heterocycles. The van der Waals surface area contributed by atoms with E-state index >= 15 is 0 Å². The van der Waals surface area contributed by atoms with Crippen LogP contribution in [-0.2, 0) is 17.4 Å². The van der Waals surface area contributed by atoms with Crippen molar-refractivity contribution in [1.82, 2.24) is 0 Å². The maximum Gasteiger partial charge on any atom is 0.416 e. The topological polar surface area (TPSA) is 52.3 Å². The van der Waals surface area contributed by atoms with Gasteiger partial charge in [0.15, 0.2) is 6.10 Å². The number of fused-ring (bicyclic) bond motifs is 1. The summed E-state index contributed by atoms with van der Waals surface area (Å²) in [4.78, 5) is 10.9. The molecular weight excluding hydrogens is 235 g/mol. The molecule has 1 atom stereocenters. The summed E-state index contributed by atoms with van der Waals surface area (Å²) in [7, 11) is 0. The summed E-state index contributed by atoms with van der Waals surface area (Å²) in [6.07, 6.45) is -4.45. The predicted octanol–water partition coefficient (Wildman–Crippen LogP) is 1.88. The molecule has 1 aromatic rings. The van der Waals surface area contributed by atoms with Gasteiger partial charge in [0.05, 0.1) is 5.56 Å². The smallest absolute Gasteiger partial charge is 0.416 e. The van der Waals surface area contributed by atoms with Crippen molar-refractivity contribution in [2.45, 2.75) is 25.1 Å². The Balaban J connectivity index is 2.29. The molecule has 1 unspecified atom stereocenters. The van der Waals surface area contributed by atoms with E-state index in [0.29, 0.717) is 24.2 Å².